The Hall–Kier alpha value is -0.670. The van der Waals surface area contributed by atoms with Gasteiger partial charge in [-0.3, -0.25) is 0 Å². The fourth-order valence-corrected chi connectivity index (χ4v) is 8.43. The highest BCUT2D eigenvalue weighted by Gasteiger charge is 2.73. The van der Waals surface area contributed by atoms with E-state index in [0.717, 1.165) is 5.75 Å². The van der Waals surface area contributed by atoms with E-state index in [-0.39, 0.29) is 10.7 Å². The smallest absolute Gasteiger partial charge is 0.173 e. The Labute approximate surface area is 145 Å². The molecule has 0 spiro atoms. The summed E-state index contributed by atoms with van der Waals surface area (Å²) in [7, 11) is -0.976. The lowest BCUT2D eigenvalue weighted by molar-refractivity contribution is -0.469. The van der Waals surface area contributed by atoms with Crippen molar-refractivity contribution in [2.24, 2.45) is 0 Å². The summed E-state index contributed by atoms with van der Waals surface area (Å²) in [4.78, 5) is 0. The lowest BCUT2D eigenvalue weighted by Gasteiger charge is -2.68. The maximum Gasteiger partial charge on any atom is 0.173 e. The van der Waals surface area contributed by atoms with Crippen molar-refractivity contribution in [2.75, 3.05) is 0 Å². The molecule has 0 radical (unpaired) electrons. The van der Waals surface area contributed by atoms with E-state index in [4.69, 9.17) is 18.7 Å². The minimum absolute atomic E-state index is 0.369. The normalized spacial score (nSPS) is 46.4. The van der Waals surface area contributed by atoms with Crippen LogP contribution >= 0.6 is 8.15 Å². The van der Waals surface area contributed by atoms with Gasteiger partial charge in [-0.1, -0.05) is 17.7 Å². The molecule has 0 aliphatic carbocycles. The van der Waals surface area contributed by atoms with E-state index in [1.165, 1.54) is 16.7 Å². The second-order valence-electron chi connectivity index (χ2n) is 8.39. The molecular weight excluding hydrogens is 323 g/mol. The molecule has 1 aromatic carbocycles. The van der Waals surface area contributed by atoms with Gasteiger partial charge in [-0.05, 0) is 59.6 Å². The van der Waals surface area contributed by atoms with Crippen molar-refractivity contribution >= 4 is 8.15 Å². The molecule has 4 atom stereocenters. The first-order valence-corrected chi connectivity index (χ1v) is 9.89. The van der Waals surface area contributed by atoms with Crippen LogP contribution in [-0.2, 0) is 14.2 Å². The first-order valence-electron chi connectivity index (χ1n) is 8.63. The first-order chi connectivity index (χ1) is 11.0. The number of hydrogen-bond donors (Lipinski definition) is 0. The van der Waals surface area contributed by atoms with Crippen LogP contribution in [0.15, 0.2) is 12.1 Å². The average molecular weight is 350 g/mol. The molecule has 0 saturated carbocycles. The SMILES string of the molecule is Cc1cc(C)c(OP2C3(C)CC4(C)OC(C)(CC2(C)O4)O3)c(C)c1. The third-order valence-corrected chi connectivity index (χ3v) is 7.83. The molecule has 4 aliphatic heterocycles. The van der Waals surface area contributed by atoms with Gasteiger partial charge in [0.05, 0.1) is 0 Å². The fraction of sp³-hybridized carbons (Fsp3) is 0.684. The maximum absolute atomic E-state index is 6.66. The Morgan fingerprint density at radius 1 is 0.833 bits per heavy atom. The van der Waals surface area contributed by atoms with Crippen LogP contribution in [-0.4, -0.2) is 22.3 Å². The van der Waals surface area contributed by atoms with Crippen molar-refractivity contribution in [1.29, 1.82) is 0 Å². The van der Waals surface area contributed by atoms with Gasteiger partial charge in [0.15, 0.2) is 19.7 Å². The van der Waals surface area contributed by atoms with Gasteiger partial charge in [0, 0.05) is 12.8 Å². The molecule has 0 amide bonds. The van der Waals surface area contributed by atoms with E-state index in [2.05, 4.69) is 46.8 Å². The summed E-state index contributed by atoms with van der Waals surface area (Å²) < 4.78 is 25.6. The van der Waals surface area contributed by atoms with Crippen molar-refractivity contribution in [1.82, 2.24) is 0 Å². The van der Waals surface area contributed by atoms with E-state index in [1.807, 2.05) is 13.8 Å². The Kier molecular flexibility index (Phi) is 3.31. The molecule has 4 unspecified atom stereocenters. The topological polar surface area (TPSA) is 36.9 Å². The third-order valence-electron chi connectivity index (χ3n) is 5.25. The lowest BCUT2D eigenvalue weighted by Crippen LogP contribution is -2.71. The number of hydrogen-bond acceptors (Lipinski definition) is 4. The summed E-state index contributed by atoms with van der Waals surface area (Å²) in [6, 6.07) is 4.35. The standard InChI is InChI=1S/C19H27O4P/c1-12-8-13(2)15(14(3)9-12)20-24-18(6)10-16(4)21-17(5,23-18)11-19(24,7)22-16/h8-9H,10-11H2,1-7H3. The maximum atomic E-state index is 6.66. The molecule has 24 heavy (non-hydrogen) atoms. The summed E-state index contributed by atoms with van der Waals surface area (Å²) in [5, 5.41) is -0.738. The Balaban J connectivity index is 1.75. The minimum Gasteiger partial charge on any atom is -0.468 e. The van der Waals surface area contributed by atoms with Gasteiger partial charge in [-0.2, -0.15) is 0 Å². The Morgan fingerprint density at radius 2 is 1.29 bits per heavy atom. The molecule has 5 heteroatoms. The summed E-state index contributed by atoms with van der Waals surface area (Å²) in [6.07, 6.45) is 1.39. The predicted molar refractivity (Wildman–Crippen MR) is 94.3 cm³/mol. The fourth-order valence-electron chi connectivity index (χ4n) is 5.16. The van der Waals surface area contributed by atoms with E-state index >= 15 is 0 Å². The highest BCUT2D eigenvalue weighted by molar-refractivity contribution is 7.56. The van der Waals surface area contributed by atoms with Crippen LogP contribution in [0.1, 0.15) is 57.2 Å². The van der Waals surface area contributed by atoms with E-state index < -0.39 is 19.7 Å². The van der Waals surface area contributed by atoms with Gasteiger partial charge in [-0.25, -0.2) is 0 Å². The molecule has 0 aromatic heterocycles. The molecule has 4 aliphatic rings. The molecule has 5 rings (SSSR count). The van der Waals surface area contributed by atoms with Crippen LogP contribution in [0.2, 0.25) is 0 Å². The summed E-state index contributed by atoms with van der Waals surface area (Å²) in [5.41, 5.74) is 3.60. The van der Waals surface area contributed by atoms with Gasteiger partial charge in [0.2, 0.25) is 0 Å². The minimum atomic E-state index is -0.976. The average Bonchev–Trinajstić information content (AvgIpc) is 2.30. The molecular formula is C19H27O4P. The molecule has 1 aromatic rings. The van der Waals surface area contributed by atoms with Gasteiger partial charge >= 0.3 is 0 Å². The van der Waals surface area contributed by atoms with Crippen molar-refractivity contribution in [3.05, 3.63) is 28.8 Å². The lowest BCUT2D eigenvalue weighted by atomic mass is 9.98. The zero-order valence-electron chi connectivity index (χ0n) is 15.6. The van der Waals surface area contributed by atoms with Gasteiger partial charge < -0.3 is 18.7 Å². The van der Waals surface area contributed by atoms with E-state index in [1.54, 1.807) is 0 Å². The summed E-state index contributed by atoms with van der Waals surface area (Å²) >= 11 is 0. The monoisotopic (exact) mass is 350 g/mol. The molecule has 4 heterocycles. The Morgan fingerprint density at radius 3 is 1.75 bits per heavy atom. The zero-order valence-corrected chi connectivity index (χ0v) is 16.5. The number of ether oxygens (including phenoxy) is 3. The zero-order chi connectivity index (χ0) is 17.5. The third kappa shape index (κ3) is 2.34. The van der Waals surface area contributed by atoms with Crippen LogP contribution in [0.4, 0.5) is 0 Å². The van der Waals surface area contributed by atoms with Crippen LogP contribution < -0.4 is 4.52 Å². The second-order valence-corrected chi connectivity index (χ2v) is 11.1. The van der Waals surface area contributed by atoms with E-state index in [0.29, 0.717) is 12.8 Å². The van der Waals surface area contributed by atoms with Crippen molar-refractivity contribution in [3.8, 4) is 5.75 Å². The molecule has 4 nitrogen and oxygen atoms in total. The number of aryl methyl sites for hydroxylation is 3. The van der Waals surface area contributed by atoms with Crippen molar-refractivity contribution in [3.63, 3.8) is 0 Å². The summed E-state index contributed by atoms with van der Waals surface area (Å²) in [5.74, 6) is -0.201. The highest BCUT2D eigenvalue weighted by Crippen LogP contribution is 2.76. The van der Waals surface area contributed by atoms with Gasteiger partial charge in [0.1, 0.15) is 16.4 Å². The highest BCUT2D eigenvalue weighted by atomic mass is 31.1. The number of benzene rings is 1. The molecule has 4 saturated heterocycles. The van der Waals surface area contributed by atoms with Gasteiger partial charge in [-0.15, -0.1) is 0 Å². The first kappa shape index (κ1) is 16.8. The van der Waals surface area contributed by atoms with Crippen LogP contribution in [0.3, 0.4) is 0 Å². The second kappa shape index (κ2) is 4.73. The molecule has 132 valence electrons. The largest absolute Gasteiger partial charge is 0.468 e. The van der Waals surface area contributed by atoms with Crippen LogP contribution in [0, 0.1) is 20.8 Å². The number of rotatable bonds is 2. The molecule has 4 fully saturated rings. The van der Waals surface area contributed by atoms with Crippen LogP contribution in [0.5, 0.6) is 5.75 Å². The molecule has 0 N–H and O–H groups in total. The Bertz CT molecular complexity index is 648. The van der Waals surface area contributed by atoms with Crippen LogP contribution in [0.25, 0.3) is 0 Å². The van der Waals surface area contributed by atoms with Crippen molar-refractivity contribution < 1.29 is 18.7 Å². The van der Waals surface area contributed by atoms with E-state index in [9.17, 15) is 0 Å². The summed E-state index contributed by atoms with van der Waals surface area (Å²) in [6.45, 7) is 14.7. The quantitative estimate of drug-likeness (QED) is 0.694. The van der Waals surface area contributed by atoms with Crippen molar-refractivity contribution in [2.45, 2.75) is 83.6 Å². The van der Waals surface area contributed by atoms with Gasteiger partial charge in [0.25, 0.3) is 0 Å². The predicted octanol–water partition coefficient (Wildman–Crippen LogP) is 5.12. The molecule has 4 bridgehead atoms.